The molecule has 0 spiro atoms. The minimum absolute atomic E-state index is 0.176. The quantitative estimate of drug-likeness (QED) is 0.645. The lowest BCUT2D eigenvalue weighted by Crippen LogP contribution is -2.40. The maximum absolute atomic E-state index is 12.6. The smallest absolute Gasteiger partial charge is 0.332 e. The van der Waals surface area contributed by atoms with E-state index in [-0.39, 0.29) is 11.4 Å². The predicted molar refractivity (Wildman–Crippen MR) is 108 cm³/mol. The van der Waals surface area contributed by atoms with Gasteiger partial charge in [-0.2, -0.15) is 0 Å². The van der Waals surface area contributed by atoms with Crippen molar-refractivity contribution in [2.24, 2.45) is 7.05 Å². The van der Waals surface area contributed by atoms with Crippen LogP contribution in [0.25, 0.3) is 11.3 Å². The van der Waals surface area contributed by atoms with E-state index in [4.69, 9.17) is 5.73 Å². The SMILES string of the molecule is CCCn1c(N)c(-c2csc(NCCc3cccs3)n2)c(=O)n(C)c1=O. The van der Waals surface area contributed by atoms with Crippen LogP contribution in [0.15, 0.2) is 32.5 Å². The molecule has 3 N–H and O–H groups in total. The van der Waals surface area contributed by atoms with Gasteiger partial charge in [0.1, 0.15) is 11.4 Å². The summed E-state index contributed by atoms with van der Waals surface area (Å²) in [4.78, 5) is 30.6. The first kappa shape index (κ1) is 18.4. The fraction of sp³-hybridized carbons (Fsp3) is 0.353. The van der Waals surface area contributed by atoms with E-state index < -0.39 is 11.2 Å². The highest BCUT2D eigenvalue weighted by atomic mass is 32.1. The summed E-state index contributed by atoms with van der Waals surface area (Å²) in [6.07, 6.45) is 1.66. The Hall–Kier alpha value is -2.39. The number of nitrogen functional groups attached to an aromatic ring is 1. The Kier molecular flexibility index (Phi) is 5.58. The Morgan fingerprint density at radius 2 is 2.12 bits per heavy atom. The molecule has 0 saturated carbocycles. The molecule has 0 fully saturated rings. The zero-order valence-electron chi connectivity index (χ0n) is 14.7. The lowest BCUT2D eigenvalue weighted by atomic mass is 10.2. The summed E-state index contributed by atoms with van der Waals surface area (Å²) in [6.45, 7) is 3.17. The van der Waals surface area contributed by atoms with E-state index in [0.717, 1.165) is 29.1 Å². The highest BCUT2D eigenvalue weighted by Gasteiger charge is 2.19. The molecule has 0 aliphatic heterocycles. The topological polar surface area (TPSA) is 94.9 Å². The van der Waals surface area contributed by atoms with Crippen LogP contribution < -0.4 is 22.3 Å². The molecule has 0 saturated heterocycles. The van der Waals surface area contributed by atoms with E-state index in [9.17, 15) is 9.59 Å². The van der Waals surface area contributed by atoms with Crippen LogP contribution in [0.5, 0.6) is 0 Å². The van der Waals surface area contributed by atoms with Gasteiger partial charge in [-0.1, -0.05) is 13.0 Å². The number of nitrogens with zero attached hydrogens (tertiary/aromatic N) is 3. The maximum Gasteiger partial charge on any atom is 0.332 e. The van der Waals surface area contributed by atoms with Crippen LogP contribution in [0.3, 0.4) is 0 Å². The average molecular weight is 392 g/mol. The fourth-order valence-corrected chi connectivity index (χ4v) is 4.12. The van der Waals surface area contributed by atoms with Crippen LogP contribution in [0.1, 0.15) is 18.2 Å². The van der Waals surface area contributed by atoms with Gasteiger partial charge in [0.15, 0.2) is 5.13 Å². The lowest BCUT2D eigenvalue weighted by molar-refractivity contribution is 0.600. The first-order valence-corrected chi connectivity index (χ1v) is 10.1. The Morgan fingerprint density at radius 3 is 2.81 bits per heavy atom. The molecule has 3 aromatic heterocycles. The normalized spacial score (nSPS) is 11.0. The van der Waals surface area contributed by atoms with E-state index in [2.05, 4.69) is 21.7 Å². The van der Waals surface area contributed by atoms with Gasteiger partial charge in [0.2, 0.25) is 0 Å². The van der Waals surface area contributed by atoms with Gasteiger partial charge in [-0.3, -0.25) is 13.9 Å². The van der Waals surface area contributed by atoms with Gasteiger partial charge < -0.3 is 11.1 Å². The number of nitrogens with two attached hydrogens (primary N) is 1. The Bertz CT molecular complexity index is 1000. The van der Waals surface area contributed by atoms with E-state index in [1.54, 1.807) is 16.7 Å². The summed E-state index contributed by atoms with van der Waals surface area (Å²) in [5.74, 6) is 0.176. The number of rotatable bonds is 7. The maximum atomic E-state index is 12.6. The van der Waals surface area contributed by atoms with Gasteiger partial charge in [-0.15, -0.1) is 22.7 Å². The van der Waals surface area contributed by atoms with Crippen LogP contribution in [0.4, 0.5) is 10.9 Å². The van der Waals surface area contributed by atoms with Gasteiger partial charge in [0.05, 0.1) is 5.69 Å². The first-order valence-electron chi connectivity index (χ1n) is 8.34. The van der Waals surface area contributed by atoms with Crippen LogP contribution in [-0.2, 0) is 20.0 Å². The zero-order valence-corrected chi connectivity index (χ0v) is 16.3. The highest BCUT2D eigenvalue weighted by molar-refractivity contribution is 7.14. The Morgan fingerprint density at radius 1 is 1.31 bits per heavy atom. The molecule has 26 heavy (non-hydrogen) atoms. The van der Waals surface area contributed by atoms with E-state index in [1.165, 1.54) is 27.8 Å². The summed E-state index contributed by atoms with van der Waals surface area (Å²) in [5, 5.41) is 7.85. The van der Waals surface area contributed by atoms with Gasteiger partial charge in [0, 0.05) is 30.4 Å². The number of aromatic nitrogens is 3. The summed E-state index contributed by atoms with van der Waals surface area (Å²) >= 11 is 3.14. The van der Waals surface area contributed by atoms with Crippen molar-refractivity contribution < 1.29 is 0 Å². The van der Waals surface area contributed by atoms with Gasteiger partial charge in [-0.25, -0.2) is 9.78 Å². The number of hydrogen-bond donors (Lipinski definition) is 2. The molecule has 138 valence electrons. The van der Waals surface area contributed by atoms with Gasteiger partial charge >= 0.3 is 5.69 Å². The summed E-state index contributed by atoms with van der Waals surface area (Å²) < 4.78 is 2.52. The number of hydrogen-bond acceptors (Lipinski definition) is 7. The van der Waals surface area contributed by atoms with Crippen LogP contribution in [-0.4, -0.2) is 20.7 Å². The molecule has 3 aromatic rings. The summed E-state index contributed by atoms with van der Waals surface area (Å²) in [6, 6.07) is 4.13. The standard InChI is InChI=1S/C17H21N5O2S2/c1-3-8-22-14(18)13(15(23)21(2)17(22)24)12-10-26-16(20-12)19-7-6-11-5-4-9-25-11/h4-5,9-10H,3,6-8,18H2,1-2H3,(H,19,20). The third-order valence-corrected chi connectivity index (χ3v) is 5.75. The molecule has 0 bridgehead atoms. The van der Waals surface area contributed by atoms with Crippen molar-refractivity contribution in [1.82, 2.24) is 14.1 Å². The molecule has 0 aromatic carbocycles. The van der Waals surface area contributed by atoms with Crippen LogP contribution in [0.2, 0.25) is 0 Å². The van der Waals surface area contributed by atoms with Gasteiger partial charge in [-0.05, 0) is 24.3 Å². The van der Waals surface area contributed by atoms with E-state index >= 15 is 0 Å². The number of thiophene rings is 1. The minimum atomic E-state index is -0.421. The van der Waals surface area contributed by atoms with Crippen LogP contribution >= 0.6 is 22.7 Å². The molecule has 7 nitrogen and oxygen atoms in total. The summed E-state index contributed by atoms with van der Waals surface area (Å²) in [7, 11) is 1.46. The second-order valence-corrected chi connectivity index (χ2v) is 7.74. The molecule has 9 heteroatoms. The van der Waals surface area contributed by atoms with Crippen LogP contribution in [0, 0.1) is 0 Å². The molecule has 0 atom stereocenters. The van der Waals surface area contributed by atoms with Crippen molar-refractivity contribution in [2.75, 3.05) is 17.6 Å². The third-order valence-electron chi connectivity index (χ3n) is 4.02. The Labute approximate surface area is 158 Å². The van der Waals surface area contributed by atoms with E-state index in [1.807, 2.05) is 13.0 Å². The number of anilines is 2. The Balaban J connectivity index is 1.86. The molecule has 0 aliphatic rings. The van der Waals surface area contributed by atoms with Crippen molar-refractivity contribution in [3.63, 3.8) is 0 Å². The largest absolute Gasteiger partial charge is 0.384 e. The van der Waals surface area contributed by atoms with Crippen molar-refractivity contribution >= 4 is 33.6 Å². The monoisotopic (exact) mass is 391 g/mol. The molecular formula is C17H21N5O2S2. The fourth-order valence-electron chi connectivity index (χ4n) is 2.68. The van der Waals surface area contributed by atoms with Crippen molar-refractivity contribution in [3.8, 4) is 11.3 Å². The number of nitrogens with one attached hydrogen (secondary N) is 1. The number of thiazole rings is 1. The van der Waals surface area contributed by atoms with Gasteiger partial charge in [0.25, 0.3) is 5.56 Å². The highest BCUT2D eigenvalue weighted by Crippen LogP contribution is 2.26. The average Bonchev–Trinajstić information content (AvgIpc) is 3.30. The first-order chi connectivity index (χ1) is 12.5. The lowest BCUT2D eigenvalue weighted by Gasteiger charge is -2.13. The van der Waals surface area contributed by atoms with Crippen molar-refractivity contribution in [1.29, 1.82) is 0 Å². The second kappa shape index (κ2) is 7.88. The molecular weight excluding hydrogens is 370 g/mol. The zero-order chi connectivity index (χ0) is 18.7. The van der Waals surface area contributed by atoms with E-state index in [0.29, 0.717) is 12.2 Å². The molecule has 3 rings (SSSR count). The minimum Gasteiger partial charge on any atom is -0.384 e. The van der Waals surface area contributed by atoms with Crippen molar-refractivity contribution in [3.05, 3.63) is 48.6 Å². The molecule has 0 aliphatic carbocycles. The molecule has 0 radical (unpaired) electrons. The molecule has 0 amide bonds. The molecule has 3 heterocycles. The second-order valence-electron chi connectivity index (χ2n) is 5.85. The predicted octanol–water partition coefficient (Wildman–Crippen LogP) is 2.38. The third kappa shape index (κ3) is 3.58. The van der Waals surface area contributed by atoms with Crippen molar-refractivity contribution in [2.45, 2.75) is 26.3 Å². The summed E-state index contributed by atoms with van der Waals surface area (Å²) in [5.41, 5.74) is 6.10. The molecule has 0 unspecified atom stereocenters.